The van der Waals surface area contributed by atoms with Crippen molar-refractivity contribution in [2.45, 2.75) is 25.3 Å². The van der Waals surface area contributed by atoms with Gasteiger partial charge in [0.15, 0.2) is 0 Å². The smallest absolute Gasteiger partial charge is 0.274 e. The van der Waals surface area contributed by atoms with E-state index >= 15 is 0 Å². The average Bonchev–Trinajstić information content (AvgIpc) is 2.85. The van der Waals surface area contributed by atoms with Crippen LogP contribution in [0.25, 0.3) is 0 Å². The first-order valence-corrected chi connectivity index (χ1v) is 6.11. The predicted octanol–water partition coefficient (Wildman–Crippen LogP) is 1.50. The molecule has 3 rings (SSSR count). The van der Waals surface area contributed by atoms with Gasteiger partial charge < -0.3 is 0 Å². The zero-order chi connectivity index (χ0) is 11.8. The summed E-state index contributed by atoms with van der Waals surface area (Å²) in [4.78, 5) is 13.9. The van der Waals surface area contributed by atoms with Crippen molar-refractivity contribution in [3.05, 3.63) is 34.9 Å². The molecule has 0 saturated carbocycles. The number of hydroxylamine groups is 1. The van der Waals surface area contributed by atoms with Crippen LogP contribution in [0.1, 0.15) is 40.4 Å². The first-order chi connectivity index (χ1) is 8.29. The van der Waals surface area contributed by atoms with Crippen LogP contribution in [0.4, 0.5) is 0 Å². The zero-order valence-corrected chi connectivity index (χ0v) is 9.65. The lowest BCUT2D eigenvalue weighted by atomic mass is 9.91. The Hall–Kier alpha value is -1.39. The summed E-state index contributed by atoms with van der Waals surface area (Å²) < 4.78 is 0. The van der Waals surface area contributed by atoms with Gasteiger partial charge in [0.2, 0.25) is 0 Å². The number of carbonyl (C=O) groups is 1. The summed E-state index contributed by atoms with van der Waals surface area (Å²) in [5, 5.41) is 8.63. The van der Waals surface area contributed by atoms with Crippen LogP contribution in [0.15, 0.2) is 18.2 Å². The molecule has 2 aliphatic rings. The zero-order valence-electron chi connectivity index (χ0n) is 9.65. The summed E-state index contributed by atoms with van der Waals surface area (Å²) in [6.07, 6.45) is 3.49. The molecule has 2 N–H and O–H groups in total. The van der Waals surface area contributed by atoms with Crippen LogP contribution in [0.5, 0.6) is 0 Å². The summed E-state index contributed by atoms with van der Waals surface area (Å²) in [7, 11) is 0. The number of hydrogen-bond acceptors (Lipinski definition) is 3. The Morgan fingerprint density at radius 3 is 3.12 bits per heavy atom. The van der Waals surface area contributed by atoms with E-state index in [1.165, 1.54) is 30.5 Å². The third kappa shape index (κ3) is 1.73. The van der Waals surface area contributed by atoms with Gasteiger partial charge in [0.1, 0.15) is 0 Å². The second-order valence-corrected chi connectivity index (χ2v) is 4.80. The fraction of sp³-hybridized carbons (Fsp3) is 0.462. The third-order valence-corrected chi connectivity index (χ3v) is 3.90. The molecule has 2 aliphatic heterocycles. The summed E-state index contributed by atoms with van der Waals surface area (Å²) in [6.45, 7) is 2.28. The number of fused-ring (bicyclic) bond motifs is 3. The molecule has 4 nitrogen and oxygen atoms in total. The van der Waals surface area contributed by atoms with Gasteiger partial charge in [0.25, 0.3) is 5.91 Å². The SMILES string of the molecule is O=C(NO)c1ccc2c(c1)CCN1CCC[C@H]21. The van der Waals surface area contributed by atoms with Crippen LogP contribution in [-0.4, -0.2) is 29.1 Å². The lowest BCUT2D eigenvalue weighted by Gasteiger charge is -2.32. The molecule has 0 spiro atoms. The molecule has 0 bridgehead atoms. The van der Waals surface area contributed by atoms with E-state index in [4.69, 9.17) is 5.21 Å². The van der Waals surface area contributed by atoms with Gasteiger partial charge in [-0.2, -0.15) is 0 Å². The molecule has 1 amide bonds. The summed E-state index contributed by atoms with van der Waals surface area (Å²) >= 11 is 0. The average molecular weight is 232 g/mol. The van der Waals surface area contributed by atoms with Crippen molar-refractivity contribution in [1.82, 2.24) is 10.4 Å². The van der Waals surface area contributed by atoms with Crippen LogP contribution in [-0.2, 0) is 6.42 Å². The number of nitrogens with zero attached hydrogens (tertiary/aromatic N) is 1. The van der Waals surface area contributed by atoms with Crippen LogP contribution >= 0.6 is 0 Å². The third-order valence-electron chi connectivity index (χ3n) is 3.90. The van der Waals surface area contributed by atoms with E-state index in [-0.39, 0.29) is 0 Å². The molecule has 1 fully saturated rings. The van der Waals surface area contributed by atoms with Crippen molar-refractivity contribution >= 4 is 5.91 Å². The standard InChI is InChI=1S/C13H16N2O2/c16-13(14-17)10-3-4-11-9(8-10)5-7-15-6-1-2-12(11)15/h3-4,8,12,17H,1-2,5-7H2,(H,14,16)/t12-/m1/s1. The van der Waals surface area contributed by atoms with Gasteiger partial charge in [-0.15, -0.1) is 0 Å². The first kappa shape index (κ1) is 10.7. The van der Waals surface area contributed by atoms with E-state index in [1.54, 1.807) is 11.5 Å². The normalized spacial score (nSPS) is 23.0. The van der Waals surface area contributed by atoms with Crippen molar-refractivity contribution in [1.29, 1.82) is 0 Å². The molecule has 0 aromatic heterocycles. The van der Waals surface area contributed by atoms with E-state index in [0.717, 1.165) is 13.0 Å². The molecular formula is C13H16N2O2. The van der Waals surface area contributed by atoms with Crippen LogP contribution in [0, 0.1) is 0 Å². The molecule has 90 valence electrons. The van der Waals surface area contributed by atoms with Gasteiger partial charge in [-0.25, -0.2) is 5.48 Å². The fourth-order valence-electron chi connectivity index (χ4n) is 3.06. The first-order valence-electron chi connectivity index (χ1n) is 6.11. The highest BCUT2D eigenvalue weighted by Crippen LogP contribution is 2.37. The summed E-state index contributed by atoms with van der Waals surface area (Å²) in [6, 6.07) is 6.30. The van der Waals surface area contributed by atoms with E-state index in [1.807, 2.05) is 12.1 Å². The Kier molecular flexibility index (Phi) is 2.61. The van der Waals surface area contributed by atoms with Crippen LogP contribution < -0.4 is 5.48 Å². The van der Waals surface area contributed by atoms with E-state index in [9.17, 15) is 4.79 Å². The lowest BCUT2D eigenvalue weighted by molar-refractivity contribution is 0.0706. The quantitative estimate of drug-likeness (QED) is 0.570. The minimum atomic E-state index is -0.429. The summed E-state index contributed by atoms with van der Waals surface area (Å²) in [5.41, 5.74) is 4.85. The Bertz CT molecular complexity index is 459. The second kappa shape index (κ2) is 4.13. The minimum absolute atomic E-state index is 0.429. The predicted molar refractivity (Wildman–Crippen MR) is 62.9 cm³/mol. The number of rotatable bonds is 1. The second-order valence-electron chi connectivity index (χ2n) is 4.80. The van der Waals surface area contributed by atoms with E-state index in [2.05, 4.69) is 4.90 Å². The van der Waals surface area contributed by atoms with Crippen molar-refractivity contribution in [3.63, 3.8) is 0 Å². The van der Waals surface area contributed by atoms with Crippen molar-refractivity contribution in [2.75, 3.05) is 13.1 Å². The Balaban J connectivity index is 1.97. The molecule has 0 unspecified atom stereocenters. The highest BCUT2D eigenvalue weighted by molar-refractivity contribution is 5.93. The van der Waals surface area contributed by atoms with Gasteiger partial charge in [-0.3, -0.25) is 14.9 Å². The fourth-order valence-corrected chi connectivity index (χ4v) is 3.06. The number of amides is 1. The highest BCUT2D eigenvalue weighted by atomic mass is 16.5. The van der Waals surface area contributed by atoms with Gasteiger partial charge >= 0.3 is 0 Å². The Morgan fingerprint density at radius 2 is 2.29 bits per heavy atom. The molecule has 1 aromatic carbocycles. The molecule has 1 saturated heterocycles. The van der Waals surface area contributed by atoms with Crippen LogP contribution in [0.3, 0.4) is 0 Å². The van der Waals surface area contributed by atoms with Crippen molar-refractivity contribution < 1.29 is 10.0 Å². The molecule has 4 heteroatoms. The molecule has 2 heterocycles. The van der Waals surface area contributed by atoms with Gasteiger partial charge in [-0.1, -0.05) is 6.07 Å². The van der Waals surface area contributed by atoms with Crippen molar-refractivity contribution in [3.8, 4) is 0 Å². The molecular weight excluding hydrogens is 216 g/mol. The van der Waals surface area contributed by atoms with Gasteiger partial charge in [-0.05, 0) is 49.1 Å². The van der Waals surface area contributed by atoms with Crippen LogP contribution in [0.2, 0.25) is 0 Å². The van der Waals surface area contributed by atoms with Crippen molar-refractivity contribution in [2.24, 2.45) is 0 Å². The number of carbonyl (C=O) groups excluding carboxylic acids is 1. The maximum atomic E-state index is 11.4. The number of benzene rings is 1. The maximum Gasteiger partial charge on any atom is 0.274 e. The number of hydrogen-bond donors (Lipinski definition) is 2. The van der Waals surface area contributed by atoms with Gasteiger partial charge in [0.05, 0.1) is 0 Å². The molecule has 1 atom stereocenters. The largest absolute Gasteiger partial charge is 0.296 e. The minimum Gasteiger partial charge on any atom is -0.296 e. The van der Waals surface area contributed by atoms with E-state index in [0.29, 0.717) is 11.6 Å². The molecule has 17 heavy (non-hydrogen) atoms. The monoisotopic (exact) mass is 232 g/mol. The maximum absolute atomic E-state index is 11.4. The summed E-state index contributed by atoms with van der Waals surface area (Å²) in [5.74, 6) is -0.429. The Morgan fingerprint density at radius 1 is 1.41 bits per heavy atom. The highest BCUT2D eigenvalue weighted by Gasteiger charge is 2.31. The lowest BCUT2D eigenvalue weighted by Crippen LogP contribution is -2.31. The van der Waals surface area contributed by atoms with Gasteiger partial charge in [0, 0.05) is 18.2 Å². The molecule has 1 aromatic rings. The molecule has 0 radical (unpaired) electrons. The molecule has 0 aliphatic carbocycles. The van der Waals surface area contributed by atoms with E-state index < -0.39 is 5.91 Å². The number of nitrogens with one attached hydrogen (secondary N) is 1. The Labute approximate surface area is 100 Å². The topological polar surface area (TPSA) is 52.6 Å².